The summed E-state index contributed by atoms with van der Waals surface area (Å²) in [4.78, 5) is 7.45. The molecule has 0 bridgehead atoms. The van der Waals surface area contributed by atoms with Gasteiger partial charge in [0.15, 0.2) is 4.93 Å². The van der Waals surface area contributed by atoms with Gasteiger partial charge in [-0.3, -0.25) is 0 Å². The Hall–Kier alpha value is -2.31. The van der Waals surface area contributed by atoms with E-state index in [4.69, 9.17) is 9.72 Å². The van der Waals surface area contributed by atoms with Gasteiger partial charge in [-0.15, -0.1) is 23.1 Å². The lowest BCUT2D eigenvalue weighted by Crippen LogP contribution is -2.49. The molecule has 0 saturated heterocycles. The molecule has 2 aliphatic heterocycles. The normalized spacial score (nSPS) is 22.2. The van der Waals surface area contributed by atoms with Crippen LogP contribution < -0.4 is 9.88 Å². The first kappa shape index (κ1) is 19.2. The number of ether oxygens (including phenoxy) is 1. The zero-order valence-electron chi connectivity index (χ0n) is 17.4. The minimum Gasteiger partial charge on any atom is -0.358 e. The van der Waals surface area contributed by atoms with Crippen molar-refractivity contribution in [1.29, 1.82) is 0 Å². The number of fused-ring (bicyclic) bond motifs is 8. The molecule has 2 unspecified atom stereocenters. The summed E-state index contributed by atoms with van der Waals surface area (Å²) < 4.78 is 8.02. The Labute approximate surface area is 199 Å². The standard InChI is InChI=1S/C27H19NOS3/c1-2-29-27-22(18-13-7-9-15-20(18)32-27)24-23(28-26(31-24)16-10-4-3-5-11-16)21-17-12-6-8-14-19(17)30-25(21)27/h3-15,25H,2H2,1H3. The van der Waals surface area contributed by atoms with Crippen LogP contribution in [-0.4, -0.2) is 21.8 Å². The maximum absolute atomic E-state index is 6.76. The summed E-state index contributed by atoms with van der Waals surface area (Å²) in [6.07, 6.45) is 0. The van der Waals surface area contributed by atoms with E-state index in [9.17, 15) is 0 Å². The maximum atomic E-state index is 6.76. The smallest absolute Gasteiger partial charge is 0.162 e. The van der Waals surface area contributed by atoms with E-state index in [0.29, 0.717) is 6.61 Å². The highest BCUT2D eigenvalue weighted by atomic mass is 32.2. The largest absolute Gasteiger partial charge is 0.358 e. The molecule has 2 nitrogen and oxygen atoms in total. The van der Waals surface area contributed by atoms with Crippen LogP contribution in [-0.2, 0) is 4.74 Å². The molecule has 2 atom stereocenters. The average molecular weight is 470 g/mol. The third-order valence-electron chi connectivity index (χ3n) is 6.28. The zero-order chi connectivity index (χ0) is 21.3. The van der Waals surface area contributed by atoms with Crippen molar-refractivity contribution in [3.05, 3.63) is 99.9 Å². The lowest BCUT2D eigenvalue weighted by molar-refractivity contribution is 0.0849. The number of hydrogen-bond acceptors (Lipinski definition) is 5. The molecule has 0 N–H and O–H groups in total. The third kappa shape index (κ3) is 2.51. The number of benzene rings is 3. The quantitative estimate of drug-likeness (QED) is 0.393. The van der Waals surface area contributed by atoms with Crippen LogP contribution in [0.5, 0.6) is 0 Å². The van der Waals surface area contributed by atoms with Crippen molar-refractivity contribution in [2.24, 2.45) is 0 Å². The fourth-order valence-electron chi connectivity index (χ4n) is 5.04. The molecule has 32 heavy (non-hydrogen) atoms. The highest BCUT2D eigenvalue weighted by Crippen LogP contribution is 2.63. The number of hydrogen-bond donors (Lipinski definition) is 0. The fraction of sp³-hybridized carbons (Fsp3) is 0.148. The van der Waals surface area contributed by atoms with Gasteiger partial charge >= 0.3 is 0 Å². The summed E-state index contributed by atoms with van der Waals surface area (Å²) in [5.74, 6) is 0. The van der Waals surface area contributed by atoms with E-state index < -0.39 is 4.93 Å². The molecule has 5 heteroatoms. The summed E-state index contributed by atoms with van der Waals surface area (Å²) in [6.45, 7) is 2.78. The Kier molecular flexibility index (Phi) is 4.25. The van der Waals surface area contributed by atoms with Crippen molar-refractivity contribution < 1.29 is 4.74 Å². The molecule has 1 aliphatic carbocycles. The molecule has 0 fully saturated rings. The van der Waals surface area contributed by atoms with Crippen molar-refractivity contribution in [2.75, 3.05) is 6.61 Å². The predicted molar refractivity (Wildman–Crippen MR) is 135 cm³/mol. The molecule has 4 aromatic rings. The molecule has 0 radical (unpaired) electrons. The van der Waals surface area contributed by atoms with Gasteiger partial charge in [0.2, 0.25) is 0 Å². The van der Waals surface area contributed by atoms with Crippen LogP contribution in [0.3, 0.4) is 0 Å². The first-order valence-electron chi connectivity index (χ1n) is 10.8. The molecular weight excluding hydrogens is 451 g/mol. The van der Waals surface area contributed by atoms with Gasteiger partial charge in [-0.25, -0.2) is 4.98 Å². The highest BCUT2D eigenvalue weighted by molar-refractivity contribution is 8.05. The van der Waals surface area contributed by atoms with E-state index in [1.165, 1.54) is 42.2 Å². The lowest BCUT2D eigenvalue weighted by Gasteiger charge is -2.37. The van der Waals surface area contributed by atoms with E-state index in [1.807, 2.05) is 23.5 Å². The van der Waals surface area contributed by atoms with Gasteiger partial charge in [-0.2, -0.15) is 0 Å². The van der Waals surface area contributed by atoms with Crippen LogP contribution in [0.2, 0.25) is 0 Å². The van der Waals surface area contributed by atoms with Crippen LogP contribution in [0.1, 0.15) is 18.1 Å². The minimum atomic E-state index is -0.440. The summed E-state index contributed by atoms with van der Waals surface area (Å²) in [6, 6.07) is 28.1. The second-order valence-electron chi connectivity index (χ2n) is 8.04. The van der Waals surface area contributed by atoms with Crippen LogP contribution in [0.25, 0.3) is 21.7 Å². The molecule has 156 valence electrons. The Morgan fingerprint density at radius 3 is 2.41 bits per heavy atom. The van der Waals surface area contributed by atoms with E-state index in [1.54, 1.807) is 11.3 Å². The van der Waals surface area contributed by atoms with Gasteiger partial charge in [0.05, 0.1) is 15.1 Å². The van der Waals surface area contributed by atoms with Gasteiger partial charge in [-0.1, -0.05) is 78.5 Å². The van der Waals surface area contributed by atoms with E-state index >= 15 is 0 Å². The van der Waals surface area contributed by atoms with Crippen molar-refractivity contribution in [2.45, 2.75) is 26.9 Å². The van der Waals surface area contributed by atoms with Crippen LogP contribution in [0.4, 0.5) is 0 Å². The average Bonchev–Trinajstić information content (AvgIpc) is 3.51. The van der Waals surface area contributed by atoms with E-state index in [0.717, 1.165) is 10.4 Å². The Morgan fingerprint density at radius 2 is 1.59 bits per heavy atom. The SMILES string of the molecule is CCOC12Sc3ccccc3C1=c1sc(-c3ccccc3)nc1=C1c3ccccc3SC12. The van der Waals surface area contributed by atoms with Gasteiger partial charge < -0.3 is 4.74 Å². The molecular formula is C27H19NOS3. The fourth-order valence-corrected chi connectivity index (χ4v) is 9.47. The van der Waals surface area contributed by atoms with Gasteiger partial charge in [0.1, 0.15) is 5.01 Å². The van der Waals surface area contributed by atoms with Gasteiger partial charge in [0, 0.05) is 33.1 Å². The lowest BCUT2D eigenvalue weighted by atomic mass is 9.88. The van der Waals surface area contributed by atoms with Crippen LogP contribution in [0.15, 0.2) is 88.7 Å². The number of thioether (sulfide) groups is 2. The summed E-state index contributed by atoms with van der Waals surface area (Å²) >= 11 is 5.63. The van der Waals surface area contributed by atoms with Crippen LogP contribution in [0, 0.1) is 0 Å². The topological polar surface area (TPSA) is 22.1 Å². The highest BCUT2D eigenvalue weighted by Gasteiger charge is 2.56. The Morgan fingerprint density at radius 1 is 0.875 bits per heavy atom. The van der Waals surface area contributed by atoms with Crippen LogP contribution >= 0.6 is 34.9 Å². The van der Waals surface area contributed by atoms with Gasteiger partial charge in [-0.05, 0) is 30.2 Å². The van der Waals surface area contributed by atoms with Crippen molar-refractivity contribution >= 4 is 46.0 Å². The summed E-state index contributed by atoms with van der Waals surface area (Å²) in [5.41, 5.74) is 6.42. The second-order valence-corrected chi connectivity index (χ2v) is 11.4. The molecule has 7 rings (SSSR count). The second kappa shape index (κ2) is 7.09. The van der Waals surface area contributed by atoms with Crippen molar-refractivity contribution in [1.82, 2.24) is 4.98 Å². The molecule has 0 saturated carbocycles. The molecule has 0 amide bonds. The summed E-state index contributed by atoms with van der Waals surface area (Å²) in [7, 11) is 0. The third-order valence-corrected chi connectivity index (χ3v) is 10.4. The number of rotatable bonds is 3. The predicted octanol–water partition coefficient (Wildman–Crippen LogP) is 5.53. The summed E-state index contributed by atoms with van der Waals surface area (Å²) in [5, 5.41) is 2.38. The molecule has 1 aromatic heterocycles. The number of aromatic nitrogens is 1. The zero-order valence-corrected chi connectivity index (χ0v) is 19.8. The maximum Gasteiger partial charge on any atom is 0.162 e. The molecule has 3 heterocycles. The molecule has 0 spiro atoms. The first-order chi connectivity index (χ1) is 15.8. The van der Waals surface area contributed by atoms with Crippen molar-refractivity contribution in [3.8, 4) is 10.6 Å². The number of nitrogens with zero attached hydrogens (tertiary/aromatic N) is 1. The van der Waals surface area contributed by atoms with E-state index in [2.05, 4.69) is 85.8 Å². The first-order valence-corrected chi connectivity index (χ1v) is 13.3. The van der Waals surface area contributed by atoms with Gasteiger partial charge in [0.25, 0.3) is 0 Å². The molecule has 3 aromatic carbocycles. The van der Waals surface area contributed by atoms with E-state index in [-0.39, 0.29) is 5.25 Å². The Bertz CT molecular complexity index is 1510. The minimum absolute atomic E-state index is 0.172. The number of thiazole rings is 1. The monoisotopic (exact) mass is 469 g/mol. The molecule has 3 aliphatic rings. The van der Waals surface area contributed by atoms with Crippen molar-refractivity contribution in [3.63, 3.8) is 0 Å². The Balaban J connectivity index is 1.65.